The van der Waals surface area contributed by atoms with Crippen molar-refractivity contribution >= 4 is 6.09 Å². The van der Waals surface area contributed by atoms with E-state index in [-0.39, 0.29) is 6.54 Å². The summed E-state index contributed by atoms with van der Waals surface area (Å²) in [5.41, 5.74) is 1.74. The molecule has 0 bridgehead atoms. The van der Waals surface area contributed by atoms with Gasteiger partial charge >= 0.3 is 6.09 Å². The molecule has 2 aromatic rings. The van der Waals surface area contributed by atoms with Gasteiger partial charge in [0.2, 0.25) is 0 Å². The molecule has 0 radical (unpaired) electrons. The Hall–Kier alpha value is -2.43. The zero-order valence-corrected chi connectivity index (χ0v) is 9.00. The lowest BCUT2D eigenvalue weighted by Crippen LogP contribution is -2.19. The van der Waals surface area contributed by atoms with Crippen molar-refractivity contribution < 1.29 is 9.90 Å². The van der Waals surface area contributed by atoms with Crippen molar-refractivity contribution in [2.75, 3.05) is 0 Å². The summed E-state index contributed by atoms with van der Waals surface area (Å²) in [6.07, 6.45) is 2.31. The predicted octanol–water partition coefficient (Wildman–Crippen LogP) is 1.91. The van der Waals surface area contributed by atoms with Crippen LogP contribution in [0.2, 0.25) is 0 Å². The first-order valence-electron chi connectivity index (χ1n) is 5.09. The molecule has 5 heteroatoms. The van der Waals surface area contributed by atoms with E-state index in [1.165, 1.54) is 0 Å². The zero-order chi connectivity index (χ0) is 12.1. The highest BCUT2D eigenvalue weighted by atomic mass is 16.4. The van der Waals surface area contributed by atoms with E-state index < -0.39 is 6.09 Å². The fraction of sp³-hybridized carbons (Fsp3) is 0.0833. The maximum absolute atomic E-state index is 10.4. The lowest BCUT2D eigenvalue weighted by Gasteiger charge is -2.04. The third kappa shape index (κ3) is 3.01. The third-order valence-corrected chi connectivity index (χ3v) is 2.19. The monoisotopic (exact) mass is 229 g/mol. The van der Waals surface area contributed by atoms with Gasteiger partial charge in [-0.2, -0.15) is 0 Å². The second-order valence-electron chi connectivity index (χ2n) is 3.43. The molecule has 86 valence electrons. The van der Waals surface area contributed by atoms with Crippen LogP contribution in [-0.4, -0.2) is 21.2 Å². The molecule has 0 aliphatic rings. The largest absolute Gasteiger partial charge is 0.465 e. The molecule has 0 fully saturated rings. The third-order valence-electron chi connectivity index (χ3n) is 2.19. The molecule has 1 aromatic heterocycles. The van der Waals surface area contributed by atoms with Gasteiger partial charge < -0.3 is 10.4 Å². The number of aromatic nitrogens is 2. The Morgan fingerprint density at radius 2 is 2.00 bits per heavy atom. The minimum Gasteiger partial charge on any atom is -0.465 e. The van der Waals surface area contributed by atoms with Crippen LogP contribution >= 0.6 is 0 Å². The molecular weight excluding hydrogens is 218 g/mol. The summed E-state index contributed by atoms with van der Waals surface area (Å²) in [6.45, 7) is 0.274. The van der Waals surface area contributed by atoms with Crippen molar-refractivity contribution in [2.45, 2.75) is 6.54 Å². The van der Waals surface area contributed by atoms with E-state index >= 15 is 0 Å². The van der Waals surface area contributed by atoms with E-state index in [2.05, 4.69) is 15.3 Å². The SMILES string of the molecule is O=C(O)NCc1cccc(-c2ncccn2)c1. The van der Waals surface area contributed by atoms with Gasteiger partial charge in [0.15, 0.2) is 5.82 Å². The number of benzene rings is 1. The number of amides is 1. The van der Waals surface area contributed by atoms with E-state index in [1.54, 1.807) is 18.5 Å². The predicted molar refractivity (Wildman–Crippen MR) is 62.3 cm³/mol. The molecule has 1 heterocycles. The number of carboxylic acid groups (broad SMARTS) is 1. The normalized spacial score (nSPS) is 9.88. The van der Waals surface area contributed by atoms with E-state index in [0.717, 1.165) is 11.1 Å². The Kier molecular flexibility index (Phi) is 3.30. The van der Waals surface area contributed by atoms with Crippen molar-refractivity contribution in [3.8, 4) is 11.4 Å². The van der Waals surface area contributed by atoms with Crippen LogP contribution in [0.4, 0.5) is 4.79 Å². The average Bonchev–Trinajstić information content (AvgIpc) is 2.38. The van der Waals surface area contributed by atoms with Gasteiger partial charge in [-0.1, -0.05) is 18.2 Å². The summed E-state index contributed by atoms with van der Waals surface area (Å²) in [6, 6.07) is 9.21. The fourth-order valence-corrected chi connectivity index (χ4v) is 1.45. The molecule has 2 N–H and O–H groups in total. The van der Waals surface area contributed by atoms with Crippen LogP contribution in [0.25, 0.3) is 11.4 Å². The number of rotatable bonds is 3. The number of hydrogen-bond donors (Lipinski definition) is 2. The molecule has 0 saturated heterocycles. The van der Waals surface area contributed by atoms with Gasteiger partial charge in [0.1, 0.15) is 0 Å². The maximum Gasteiger partial charge on any atom is 0.404 e. The Morgan fingerprint density at radius 1 is 1.24 bits per heavy atom. The summed E-state index contributed by atoms with van der Waals surface area (Å²) < 4.78 is 0. The Bertz CT molecular complexity index is 514. The van der Waals surface area contributed by atoms with Gasteiger partial charge in [-0.15, -0.1) is 0 Å². The standard InChI is InChI=1S/C12H11N3O2/c16-12(17)15-8-9-3-1-4-10(7-9)11-13-5-2-6-14-11/h1-7,15H,8H2,(H,16,17). The fourth-order valence-electron chi connectivity index (χ4n) is 1.45. The Morgan fingerprint density at radius 3 is 2.71 bits per heavy atom. The van der Waals surface area contributed by atoms with Gasteiger partial charge in [0.05, 0.1) is 0 Å². The van der Waals surface area contributed by atoms with Gasteiger partial charge in [-0.05, 0) is 17.7 Å². The summed E-state index contributed by atoms with van der Waals surface area (Å²) in [4.78, 5) is 18.7. The molecule has 0 unspecified atom stereocenters. The molecule has 1 aromatic carbocycles. The molecule has 0 aliphatic carbocycles. The molecule has 0 spiro atoms. The lowest BCUT2D eigenvalue weighted by atomic mass is 10.1. The molecule has 5 nitrogen and oxygen atoms in total. The summed E-state index contributed by atoms with van der Waals surface area (Å²) >= 11 is 0. The van der Waals surface area contributed by atoms with Crippen LogP contribution in [0.15, 0.2) is 42.7 Å². The summed E-state index contributed by atoms with van der Waals surface area (Å²) in [7, 11) is 0. The van der Waals surface area contributed by atoms with Crippen molar-refractivity contribution in [1.82, 2.24) is 15.3 Å². The quantitative estimate of drug-likeness (QED) is 0.843. The summed E-state index contributed by atoms with van der Waals surface area (Å²) in [5, 5.41) is 10.8. The molecular formula is C12H11N3O2. The number of nitrogens with zero attached hydrogens (tertiary/aromatic N) is 2. The van der Waals surface area contributed by atoms with Gasteiger partial charge in [0, 0.05) is 24.5 Å². The summed E-state index contributed by atoms with van der Waals surface area (Å²) in [5.74, 6) is 0.629. The minimum atomic E-state index is -1.04. The first-order chi connectivity index (χ1) is 8.25. The van der Waals surface area contributed by atoms with E-state index in [4.69, 9.17) is 5.11 Å². The van der Waals surface area contributed by atoms with Crippen molar-refractivity contribution in [3.63, 3.8) is 0 Å². The molecule has 0 aliphatic heterocycles. The van der Waals surface area contributed by atoms with Crippen LogP contribution in [-0.2, 0) is 6.54 Å². The first kappa shape index (κ1) is 11.1. The average molecular weight is 229 g/mol. The van der Waals surface area contributed by atoms with Crippen LogP contribution in [0.1, 0.15) is 5.56 Å². The van der Waals surface area contributed by atoms with Crippen LogP contribution in [0, 0.1) is 0 Å². The van der Waals surface area contributed by atoms with Gasteiger partial charge in [0.25, 0.3) is 0 Å². The van der Waals surface area contributed by atoms with Gasteiger partial charge in [-0.25, -0.2) is 14.8 Å². The van der Waals surface area contributed by atoms with Crippen molar-refractivity contribution in [3.05, 3.63) is 48.3 Å². The number of carbonyl (C=O) groups is 1. The second kappa shape index (κ2) is 5.07. The Balaban J connectivity index is 2.20. The minimum absolute atomic E-state index is 0.274. The topological polar surface area (TPSA) is 75.1 Å². The van der Waals surface area contributed by atoms with E-state index in [0.29, 0.717) is 5.82 Å². The second-order valence-corrected chi connectivity index (χ2v) is 3.43. The highest BCUT2D eigenvalue weighted by Crippen LogP contribution is 2.15. The molecule has 2 rings (SSSR count). The van der Waals surface area contributed by atoms with E-state index in [9.17, 15) is 4.79 Å². The highest BCUT2D eigenvalue weighted by Gasteiger charge is 2.02. The molecule has 0 saturated carbocycles. The van der Waals surface area contributed by atoms with Gasteiger partial charge in [-0.3, -0.25) is 0 Å². The Labute approximate surface area is 98.2 Å². The van der Waals surface area contributed by atoms with Crippen molar-refractivity contribution in [1.29, 1.82) is 0 Å². The zero-order valence-electron chi connectivity index (χ0n) is 9.00. The highest BCUT2D eigenvalue weighted by molar-refractivity contribution is 5.64. The lowest BCUT2D eigenvalue weighted by molar-refractivity contribution is 0.194. The van der Waals surface area contributed by atoms with Crippen LogP contribution < -0.4 is 5.32 Å². The van der Waals surface area contributed by atoms with E-state index in [1.807, 2.05) is 24.3 Å². The smallest absolute Gasteiger partial charge is 0.404 e. The molecule has 0 atom stereocenters. The molecule has 17 heavy (non-hydrogen) atoms. The number of nitrogens with one attached hydrogen (secondary N) is 1. The van der Waals surface area contributed by atoms with Crippen molar-refractivity contribution in [2.24, 2.45) is 0 Å². The first-order valence-corrected chi connectivity index (χ1v) is 5.09. The molecule has 1 amide bonds. The number of hydrogen-bond acceptors (Lipinski definition) is 3. The van der Waals surface area contributed by atoms with Crippen LogP contribution in [0.5, 0.6) is 0 Å². The van der Waals surface area contributed by atoms with Crippen LogP contribution in [0.3, 0.4) is 0 Å². The maximum atomic E-state index is 10.4.